The number of piperidine rings is 4. The van der Waals surface area contributed by atoms with E-state index >= 15 is 0 Å². The van der Waals surface area contributed by atoms with E-state index in [1.807, 2.05) is 127 Å². The number of carbonyl (C=O) groups excluding carboxylic acids is 3. The summed E-state index contributed by atoms with van der Waals surface area (Å²) in [6.45, 7) is 4.98. The second-order valence-corrected chi connectivity index (χ2v) is 20.3. The summed E-state index contributed by atoms with van der Waals surface area (Å²) in [7, 11) is 1.42. The molecule has 4 aliphatic rings. The predicted molar refractivity (Wildman–Crippen MR) is 292 cm³/mol. The number of rotatable bonds is 12. The quantitative estimate of drug-likeness (QED) is 0.108. The predicted octanol–water partition coefficient (Wildman–Crippen LogP) is 6.38. The van der Waals surface area contributed by atoms with Gasteiger partial charge in [-0.3, -0.25) is 19.4 Å². The maximum absolute atomic E-state index is 14.2. The number of nitrogens with zero attached hydrogens (tertiary/aromatic N) is 4. The molecule has 13 heteroatoms. The molecular weight excluding hydrogens is 948 g/mol. The number of hydrogen-bond donors (Lipinski definition) is 1. The molecule has 0 bridgehead atoms. The summed E-state index contributed by atoms with van der Waals surface area (Å²) < 4.78 is 5.24. The van der Waals surface area contributed by atoms with Crippen LogP contribution in [-0.2, 0) is 23.9 Å². The van der Waals surface area contributed by atoms with Crippen LogP contribution in [0.5, 0.6) is 0 Å². The van der Waals surface area contributed by atoms with Crippen LogP contribution < -0.4 is 18.9 Å². The zero-order chi connectivity index (χ0) is 50.5. The summed E-state index contributed by atoms with van der Waals surface area (Å²) in [5.41, 5.74) is 6.40. The second-order valence-electron chi connectivity index (χ2n) is 20.3. The van der Waals surface area contributed by atoms with Crippen LogP contribution in [0.4, 0.5) is 0 Å². The molecule has 0 aliphatic carbocycles. The number of methoxy groups -OCH3 is 1. The average Bonchev–Trinajstić information content (AvgIpc) is 3.47. The topological polar surface area (TPSA) is 172 Å². The molecule has 0 saturated carbocycles. The smallest absolute Gasteiger partial charge is 0.870 e. The van der Waals surface area contributed by atoms with Crippen molar-refractivity contribution in [3.8, 4) is 0 Å². The van der Waals surface area contributed by atoms with Crippen molar-refractivity contribution in [1.82, 2.24) is 19.6 Å². The second kappa shape index (κ2) is 28.7. The molecule has 2 amide bonds. The van der Waals surface area contributed by atoms with Crippen molar-refractivity contribution in [2.75, 3.05) is 46.4 Å². The monoisotopic (exact) mass is 1020 g/mol. The fourth-order valence-electron chi connectivity index (χ4n) is 12.2. The van der Waals surface area contributed by atoms with Crippen molar-refractivity contribution < 1.29 is 58.8 Å². The number of likely N-dealkylation sites (tertiary alicyclic amines) is 4. The number of aliphatic carboxylic acids is 1. The number of carboxylic acid groups (broad SMARTS) is 1. The summed E-state index contributed by atoms with van der Waals surface area (Å²) in [6, 6.07) is 59.5. The van der Waals surface area contributed by atoms with Gasteiger partial charge in [0.2, 0.25) is 11.8 Å². The van der Waals surface area contributed by atoms with Crippen molar-refractivity contribution in [2.24, 2.45) is 0 Å². The van der Waals surface area contributed by atoms with Gasteiger partial charge in [0.05, 0.1) is 18.9 Å². The molecule has 4 aliphatic heterocycles. The van der Waals surface area contributed by atoms with E-state index in [-0.39, 0.29) is 59.7 Å². The van der Waals surface area contributed by atoms with E-state index in [9.17, 15) is 24.3 Å². The van der Waals surface area contributed by atoms with Crippen molar-refractivity contribution in [3.05, 3.63) is 215 Å². The van der Waals surface area contributed by atoms with Crippen LogP contribution in [0.3, 0.4) is 0 Å². The van der Waals surface area contributed by atoms with Gasteiger partial charge in [-0.15, -0.1) is 0 Å². The molecule has 0 unspecified atom stereocenters. The molecule has 0 radical (unpaired) electrons. The third-order valence-corrected chi connectivity index (χ3v) is 16.0. The minimum absolute atomic E-state index is 0. The van der Waals surface area contributed by atoms with Crippen LogP contribution >= 0.6 is 0 Å². The molecule has 0 spiro atoms. The largest absolute Gasteiger partial charge is 1.00 e. The summed E-state index contributed by atoms with van der Waals surface area (Å²) >= 11 is 0. The van der Waals surface area contributed by atoms with Crippen molar-refractivity contribution in [3.63, 3.8) is 0 Å². The Hall–Kier alpha value is -6.36. The van der Waals surface area contributed by atoms with Gasteiger partial charge >= 0.3 is 30.8 Å². The molecule has 6 aromatic carbocycles. The summed E-state index contributed by atoms with van der Waals surface area (Å²) in [5, 5.41) is 10.2. The normalized spacial score (nSPS) is 21.8. The van der Waals surface area contributed by atoms with Gasteiger partial charge in [-0.25, -0.2) is 9.59 Å². The molecule has 4 N–H and O–H groups in total. The number of benzene rings is 6. The van der Waals surface area contributed by atoms with Gasteiger partial charge in [0.1, 0.15) is 12.1 Å². The number of ether oxygens (including phenoxy) is 1. The molecule has 4 heterocycles. The Balaban J connectivity index is 0.000000237. The Morgan fingerprint density at radius 1 is 0.474 bits per heavy atom. The van der Waals surface area contributed by atoms with Crippen molar-refractivity contribution in [2.45, 2.75) is 99.2 Å². The van der Waals surface area contributed by atoms with Crippen LogP contribution in [0.25, 0.3) is 0 Å². The Morgan fingerprint density at radius 2 is 0.789 bits per heavy atom. The molecule has 6 aromatic rings. The third kappa shape index (κ3) is 14.2. The number of carboxylic acids is 1. The Morgan fingerprint density at radius 3 is 1.12 bits per heavy atom. The number of esters is 1. The summed E-state index contributed by atoms with van der Waals surface area (Å²) in [6.07, 6.45) is 7.34. The zero-order valence-corrected chi connectivity index (χ0v) is 44.1. The first-order valence-corrected chi connectivity index (χ1v) is 26.5. The van der Waals surface area contributed by atoms with Crippen LogP contribution in [0.15, 0.2) is 182 Å². The molecule has 4 saturated heterocycles. The molecule has 12 nitrogen and oxygen atoms in total. The minimum Gasteiger partial charge on any atom is -0.870 e. The molecule has 6 atom stereocenters. The zero-order valence-electron chi connectivity index (χ0n) is 44.1. The maximum Gasteiger partial charge on any atom is 1.00 e. The Labute approximate surface area is 460 Å². The van der Waals surface area contributed by atoms with Crippen LogP contribution in [0, 0.1) is 0 Å². The number of amides is 2. The van der Waals surface area contributed by atoms with E-state index in [0.717, 1.165) is 80.5 Å². The van der Waals surface area contributed by atoms with E-state index in [1.54, 1.807) is 9.80 Å². The average molecular weight is 1020 g/mol. The molecule has 10 rings (SSSR count). The van der Waals surface area contributed by atoms with Gasteiger partial charge in [-0.05, 0) is 110 Å². The van der Waals surface area contributed by atoms with Gasteiger partial charge in [0.25, 0.3) is 0 Å². The van der Waals surface area contributed by atoms with Crippen LogP contribution in [0.1, 0.15) is 108 Å². The van der Waals surface area contributed by atoms with Gasteiger partial charge < -0.3 is 30.6 Å². The van der Waals surface area contributed by atoms with E-state index in [2.05, 4.69) is 64.4 Å². The maximum atomic E-state index is 14.2. The van der Waals surface area contributed by atoms with E-state index in [0.29, 0.717) is 37.8 Å². The summed E-state index contributed by atoms with van der Waals surface area (Å²) in [5.74, 6) is -1.38. The van der Waals surface area contributed by atoms with Gasteiger partial charge in [0.15, 0.2) is 0 Å². The first-order valence-electron chi connectivity index (χ1n) is 26.5. The van der Waals surface area contributed by atoms with Gasteiger partial charge in [0, 0.05) is 38.3 Å². The first kappa shape index (κ1) is 58.9. The molecule has 0 aromatic heterocycles. The third-order valence-electron chi connectivity index (χ3n) is 16.0. The van der Waals surface area contributed by atoms with E-state index in [1.165, 1.54) is 24.7 Å². The fourth-order valence-corrected chi connectivity index (χ4v) is 12.2. The van der Waals surface area contributed by atoms with Gasteiger partial charge in [-0.1, -0.05) is 182 Å². The fraction of sp³-hybridized carbons (Fsp3) is 0.365. The van der Waals surface area contributed by atoms with Crippen molar-refractivity contribution >= 4 is 23.8 Å². The van der Waals surface area contributed by atoms with Crippen molar-refractivity contribution in [1.29, 1.82) is 0 Å². The Bertz CT molecular complexity index is 2630. The molecule has 394 valence electrons. The summed E-state index contributed by atoms with van der Waals surface area (Å²) in [4.78, 5) is 62.1. The molecule has 76 heavy (non-hydrogen) atoms. The molecular formula is C63H73LiN4O8. The first-order chi connectivity index (χ1) is 35.8. The minimum atomic E-state index is -0.912. The SMILES string of the molecule is COC(=O)[C@@H]1C[C@H](N2CCC[C@H](c3ccccc3)C2)CCN1C(=O)C(c1ccccc1)c1ccccc1.O.O=C(O)[C@@H]1C[C@H](N2CCC[C@H](c3ccccc3)C2)CCN1C(=O)C(c1ccccc1)c1ccccc1.[Li+].[OH-]. The van der Waals surface area contributed by atoms with Crippen LogP contribution in [-0.4, -0.2) is 130 Å². The Kier molecular flexibility index (Phi) is 22.2. The van der Waals surface area contributed by atoms with E-state index < -0.39 is 29.9 Å². The van der Waals surface area contributed by atoms with E-state index in [4.69, 9.17) is 4.74 Å². The standard InChI is InChI=1S/C32H36N2O3.C31H34N2O3.Li.2H2O/c1-37-32(36)29-22-28(33-20-11-18-27(23-33)24-12-5-2-6-13-24)19-21-34(29)31(35)30(25-14-7-3-8-15-25)26-16-9-4-10-17-26;34-30(29(24-13-6-2-7-14-24)25-15-8-3-9-16-25)33-20-18-27(21-28(33)31(35)36)32-19-10-17-26(22-32)23-11-4-1-5-12-23;;;/h2-10,12-17,27-30H,11,18-23H2,1H3;1-9,11-16,26-29H,10,17-22H2,(H,35,36);;2*1H2/q;;+1;;/p-1/t27-,28+,29-;26-,27+,28-;;;/m00.../s1. The number of hydrogen-bond acceptors (Lipinski definition) is 8. The number of carbonyl (C=O) groups is 4. The molecule has 4 fully saturated rings. The van der Waals surface area contributed by atoms with Crippen LogP contribution in [0.2, 0.25) is 0 Å². The van der Waals surface area contributed by atoms with Gasteiger partial charge in [-0.2, -0.15) is 0 Å².